The second kappa shape index (κ2) is 9.34. The van der Waals surface area contributed by atoms with Crippen molar-refractivity contribution in [2.24, 2.45) is 0 Å². The highest BCUT2D eigenvalue weighted by atomic mass is 16.4. The van der Waals surface area contributed by atoms with E-state index < -0.39 is 5.63 Å². The van der Waals surface area contributed by atoms with E-state index in [-0.39, 0.29) is 23.7 Å². The number of unbranched alkanes of at least 4 members (excludes halogenated alkanes) is 6. The lowest BCUT2D eigenvalue weighted by atomic mass is 10.1. The molecule has 1 rings (SSSR count). The smallest absolute Gasteiger partial charge is 0.339 e. The summed E-state index contributed by atoms with van der Waals surface area (Å²) in [4.78, 5) is 22.8. The zero-order chi connectivity index (χ0) is 14.8. The van der Waals surface area contributed by atoms with Gasteiger partial charge < -0.3 is 9.52 Å². The first-order valence-electron chi connectivity index (χ1n) is 7.46. The third kappa shape index (κ3) is 7.12. The lowest BCUT2D eigenvalue weighted by Gasteiger charge is -2.02. The number of Topliss-reactive ketones (excluding diaryl/α,β-unsaturated/α-hetero) is 1. The van der Waals surface area contributed by atoms with Gasteiger partial charge in [0.05, 0.1) is 12.5 Å². The number of carbonyl (C=O) groups excluding carboxylic acids is 1. The van der Waals surface area contributed by atoms with Crippen molar-refractivity contribution in [3.63, 3.8) is 0 Å². The molecule has 0 atom stereocenters. The van der Waals surface area contributed by atoms with Gasteiger partial charge in [-0.3, -0.25) is 4.79 Å². The van der Waals surface area contributed by atoms with Crippen molar-refractivity contribution in [2.45, 2.75) is 64.7 Å². The number of carbonyl (C=O) groups is 1. The Morgan fingerprint density at radius 2 is 1.75 bits per heavy atom. The average molecular weight is 280 g/mol. The highest BCUT2D eigenvalue weighted by molar-refractivity contribution is 5.80. The number of rotatable bonds is 10. The van der Waals surface area contributed by atoms with E-state index in [1.54, 1.807) is 0 Å². The molecule has 0 aliphatic rings. The lowest BCUT2D eigenvalue weighted by Crippen LogP contribution is -2.06. The van der Waals surface area contributed by atoms with Crippen LogP contribution in [-0.4, -0.2) is 10.9 Å². The summed E-state index contributed by atoms with van der Waals surface area (Å²) in [5.74, 6) is 0.134. The molecule has 0 aromatic carbocycles. The molecule has 0 aliphatic heterocycles. The molecule has 0 aliphatic carbocycles. The standard InChI is InChI=1S/C16H24O4/c1-2-3-4-5-6-7-8-9-13(17)10-15-11-14(18)12-16(19)20-15/h11-12,18H,2-10H2,1H3. The van der Waals surface area contributed by atoms with Crippen molar-refractivity contribution in [1.82, 2.24) is 0 Å². The van der Waals surface area contributed by atoms with Crippen LogP contribution in [0.25, 0.3) is 0 Å². The van der Waals surface area contributed by atoms with E-state index >= 15 is 0 Å². The van der Waals surface area contributed by atoms with E-state index in [9.17, 15) is 14.7 Å². The summed E-state index contributed by atoms with van der Waals surface area (Å²) in [5.41, 5.74) is -0.622. The van der Waals surface area contributed by atoms with Crippen molar-refractivity contribution in [1.29, 1.82) is 0 Å². The number of hydrogen-bond acceptors (Lipinski definition) is 4. The highest BCUT2D eigenvalue weighted by Crippen LogP contribution is 2.12. The van der Waals surface area contributed by atoms with Crippen LogP contribution in [0.1, 0.15) is 64.1 Å². The van der Waals surface area contributed by atoms with Crippen LogP contribution in [0.15, 0.2) is 21.3 Å². The first kappa shape index (κ1) is 16.5. The molecule has 1 N–H and O–H groups in total. The Balaban J connectivity index is 2.18. The molecule has 4 heteroatoms. The predicted molar refractivity (Wildman–Crippen MR) is 78.0 cm³/mol. The monoisotopic (exact) mass is 280 g/mol. The van der Waals surface area contributed by atoms with Gasteiger partial charge in [0.2, 0.25) is 0 Å². The van der Waals surface area contributed by atoms with Crippen LogP contribution >= 0.6 is 0 Å². The third-order valence-electron chi connectivity index (χ3n) is 3.24. The summed E-state index contributed by atoms with van der Waals surface area (Å²) < 4.78 is 4.86. The van der Waals surface area contributed by atoms with E-state index in [0.29, 0.717) is 6.42 Å². The third-order valence-corrected chi connectivity index (χ3v) is 3.24. The maximum absolute atomic E-state index is 11.7. The van der Waals surface area contributed by atoms with E-state index in [4.69, 9.17) is 4.42 Å². The first-order valence-corrected chi connectivity index (χ1v) is 7.46. The Bertz CT molecular complexity index is 462. The molecular weight excluding hydrogens is 256 g/mol. The SMILES string of the molecule is CCCCCCCCCC(=O)Cc1cc(O)cc(=O)o1. The highest BCUT2D eigenvalue weighted by Gasteiger charge is 2.07. The van der Waals surface area contributed by atoms with Crippen molar-refractivity contribution in [3.05, 3.63) is 28.3 Å². The summed E-state index contributed by atoms with van der Waals surface area (Å²) in [6, 6.07) is 2.31. The molecule has 0 amide bonds. The summed E-state index contributed by atoms with van der Waals surface area (Å²) in [7, 11) is 0. The molecule has 20 heavy (non-hydrogen) atoms. The fourth-order valence-electron chi connectivity index (χ4n) is 2.16. The van der Waals surface area contributed by atoms with E-state index in [1.807, 2.05) is 0 Å². The maximum Gasteiger partial charge on any atom is 0.339 e. The van der Waals surface area contributed by atoms with E-state index in [1.165, 1.54) is 38.2 Å². The second-order valence-corrected chi connectivity index (χ2v) is 5.19. The fraction of sp³-hybridized carbons (Fsp3) is 0.625. The minimum absolute atomic E-state index is 0.0484. The van der Waals surface area contributed by atoms with Gasteiger partial charge in [-0.2, -0.15) is 0 Å². The molecule has 1 aromatic heterocycles. The van der Waals surface area contributed by atoms with Crippen LogP contribution in [-0.2, 0) is 11.2 Å². The van der Waals surface area contributed by atoms with E-state index in [0.717, 1.165) is 18.9 Å². The number of hydrogen-bond donors (Lipinski definition) is 1. The molecule has 0 radical (unpaired) electrons. The van der Waals surface area contributed by atoms with Crippen molar-refractivity contribution in [2.75, 3.05) is 0 Å². The molecule has 0 unspecified atom stereocenters. The minimum atomic E-state index is -0.622. The van der Waals surface area contributed by atoms with Gasteiger partial charge in [-0.15, -0.1) is 0 Å². The maximum atomic E-state index is 11.7. The average Bonchev–Trinajstić information content (AvgIpc) is 2.36. The molecule has 112 valence electrons. The molecule has 0 bridgehead atoms. The van der Waals surface area contributed by atoms with Gasteiger partial charge in [-0.1, -0.05) is 45.4 Å². The summed E-state index contributed by atoms with van der Waals surface area (Å²) in [6.45, 7) is 2.19. The predicted octanol–water partition coefficient (Wildman–Crippen LogP) is 3.60. The zero-order valence-corrected chi connectivity index (χ0v) is 12.2. The van der Waals surface area contributed by atoms with Crippen molar-refractivity contribution >= 4 is 5.78 Å². The molecule has 1 heterocycles. The van der Waals surface area contributed by atoms with Crippen LogP contribution in [0.2, 0.25) is 0 Å². The van der Waals surface area contributed by atoms with Crippen LogP contribution in [0.5, 0.6) is 5.75 Å². The topological polar surface area (TPSA) is 67.5 Å². The second-order valence-electron chi connectivity index (χ2n) is 5.19. The van der Waals surface area contributed by atoms with Crippen LogP contribution in [0.3, 0.4) is 0 Å². The Morgan fingerprint density at radius 3 is 2.40 bits per heavy atom. The first-order chi connectivity index (χ1) is 9.61. The molecule has 0 fully saturated rings. The number of ketones is 1. The van der Waals surface area contributed by atoms with Gasteiger partial charge in [-0.05, 0) is 6.42 Å². The molecule has 0 saturated carbocycles. The van der Waals surface area contributed by atoms with Crippen LogP contribution in [0, 0.1) is 0 Å². The zero-order valence-electron chi connectivity index (χ0n) is 12.2. The fourth-order valence-corrected chi connectivity index (χ4v) is 2.16. The summed E-state index contributed by atoms with van der Waals surface area (Å²) in [5, 5.41) is 9.25. The van der Waals surface area contributed by atoms with Gasteiger partial charge in [0, 0.05) is 12.5 Å². The largest absolute Gasteiger partial charge is 0.508 e. The van der Waals surface area contributed by atoms with Crippen LogP contribution in [0.4, 0.5) is 0 Å². The van der Waals surface area contributed by atoms with Gasteiger partial charge in [-0.25, -0.2) is 4.79 Å². The van der Waals surface area contributed by atoms with Crippen molar-refractivity contribution < 1.29 is 14.3 Å². The summed E-state index contributed by atoms with van der Waals surface area (Å²) >= 11 is 0. The molecule has 1 aromatic rings. The molecule has 0 saturated heterocycles. The van der Waals surface area contributed by atoms with Gasteiger partial charge in [0.1, 0.15) is 17.3 Å². The summed E-state index contributed by atoms with van der Waals surface area (Å²) in [6.07, 6.45) is 8.76. The van der Waals surface area contributed by atoms with E-state index in [2.05, 4.69) is 6.92 Å². The Morgan fingerprint density at radius 1 is 1.10 bits per heavy atom. The van der Waals surface area contributed by atoms with Gasteiger partial charge in [0.15, 0.2) is 0 Å². The molecule has 0 spiro atoms. The van der Waals surface area contributed by atoms with Gasteiger partial charge in [0.25, 0.3) is 0 Å². The Labute approximate surface area is 119 Å². The quantitative estimate of drug-likeness (QED) is 0.665. The van der Waals surface area contributed by atoms with Crippen molar-refractivity contribution in [3.8, 4) is 5.75 Å². The van der Waals surface area contributed by atoms with Crippen LogP contribution < -0.4 is 5.63 Å². The Hall–Kier alpha value is -1.58. The Kier molecular flexibility index (Phi) is 7.70. The molecule has 4 nitrogen and oxygen atoms in total. The van der Waals surface area contributed by atoms with Gasteiger partial charge >= 0.3 is 5.63 Å². The minimum Gasteiger partial charge on any atom is -0.508 e. The lowest BCUT2D eigenvalue weighted by molar-refractivity contribution is -0.118. The molecular formula is C16H24O4. The number of aromatic hydroxyl groups is 1. The normalized spacial score (nSPS) is 10.7.